The van der Waals surface area contributed by atoms with Crippen molar-refractivity contribution in [3.05, 3.63) is 30.0 Å². The number of nitriles is 1. The van der Waals surface area contributed by atoms with Crippen molar-refractivity contribution in [2.45, 2.75) is 0 Å². The van der Waals surface area contributed by atoms with Crippen molar-refractivity contribution in [2.24, 2.45) is 0 Å². The third kappa shape index (κ3) is 1.34. The van der Waals surface area contributed by atoms with E-state index in [1.807, 2.05) is 0 Å². The average Bonchev–Trinajstić information content (AvgIpc) is 2.28. The highest BCUT2D eigenvalue weighted by molar-refractivity contribution is 5.93. The molecule has 0 amide bonds. The molecule has 1 aromatic carbocycles. The Balaban J connectivity index is 2.90. The fourth-order valence-electron chi connectivity index (χ4n) is 1.52. The zero-order chi connectivity index (χ0) is 10.8. The molecule has 74 valence electrons. The first-order chi connectivity index (χ1) is 7.27. The van der Waals surface area contributed by atoms with Crippen LogP contribution >= 0.6 is 0 Å². The van der Waals surface area contributed by atoms with Crippen molar-refractivity contribution >= 4 is 16.6 Å². The summed E-state index contributed by atoms with van der Waals surface area (Å²) in [6.45, 7) is 0. The van der Waals surface area contributed by atoms with Gasteiger partial charge in [-0.05, 0) is 18.2 Å². The van der Waals surface area contributed by atoms with E-state index in [2.05, 4.69) is 11.1 Å². The number of anilines is 1. The zero-order valence-corrected chi connectivity index (χ0v) is 8.19. The van der Waals surface area contributed by atoms with Gasteiger partial charge in [0.15, 0.2) is 5.75 Å². The molecule has 15 heavy (non-hydrogen) atoms. The van der Waals surface area contributed by atoms with Gasteiger partial charge in [-0.1, -0.05) is 0 Å². The Kier molecular flexibility index (Phi) is 2.14. The highest BCUT2D eigenvalue weighted by atomic mass is 16.5. The Morgan fingerprint density at radius 1 is 1.40 bits per heavy atom. The molecule has 1 aromatic heterocycles. The Morgan fingerprint density at radius 3 is 2.87 bits per heavy atom. The van der Waals surface area contributed by atoms with Gasteiger partial charge in [-0.15, -0.1) is 0 Å². The molecule has 0 atom stereocenters. The molecule has 0 aliphatic rings. The first-order valence-electron chi connectivity index (χ1n) is 4.39. The van der Waals surface area contributed by atoms with E-state index in [0.29, 0.717) is 22.5 Å². The molecule has 4 nitrogen and oxygen atoms in total. The topological polar surface area (TPSA) is 71.9 Å². The second-order valence-corrected chi connectivity index (χ2v) is 3.05. The van der Waals surface area contributed by atoms with Crippen LogP contribution < -0.4 is 10.5 Å². The van der Waals surface area contributed by atoms with Gasteiger partial charge in [0.2, 0.25) is 0 Å². The van der Waals surface area contributed by atoms with Gasteiger partial charge in [-0.3, -0.25) is 4.98 Å². The number of nitrogens with zero attached hydrogens (tertiary/aromatic N) is 2. The molecule has 2 N–H and O–H groups in total. The van der Waals surface area contributed by atoms with Gasteiger partial charge in [0.05, 0.1) is 24.4 Å². The molecule has 0 radical (unpaired) electrons. The summed E-state index contributed by atoms with van der Waals surface area (Å²) in [5.41, 5.74) is 7.45. The van der Waals surface area contributed by atoms with Crippen LogP contribution in [0.4, 0.5) is 5.69 Å². The van der Waals surface area contributed by atoms with Crippen molar-refractivity contribution in [3.8, 4) is 11.8 Å². The van der Waals surface area contributed by atoms with E-state index >= 15 is 0 Å². The van der Waals surface area contributed by atoms with E-state index in [0.717, 1.165) is 5.39 Å². The first kappa shape index (κ1) is 9.28. The lowest BCUT2D eigenvalue weighted by Crippen LogP contribution is -1.95. The van der Waals surface area contributed by atoms with E-state index in [4.69, 9.17) is 15.7 Å². The van der Waals surface area contributed by atoms with E-state index in [1.165, 1.54) is 7.11 Å². The molecule has 2 rings (SSSR count). The van der Waals surface area contributed by atoms with Crippen molar-refractivity contribution in [3.63, 3.8) is 0 Å². The highest BCUT2D eigenvalue weighted by Gasteiger charge is 2.09. The minimum Gasteiger partial charge on any atom is -0.492 e. The second kappa shape index (κ2) is 3.46. The van der Waals surface area contributed by atoms with Gasteiger partial charge in [0, 0.05) is 11.6 Å². The number of aromatic nitrogens is 1. The molecule has 1 heterocycles. The first-order valence-corrected chi connectivity index (χ1v) is 4.39. The molecule has 0 aliphatic carbocycles. The maximum absolute atomic E-state index is 8.92. The Hall–Kier alpha value is -2.28. The summed E-state index contributed by atoms with van der Waals surface area (Å²) in [5.74, 6) is 0.518. The number of hydrogen-bond donors (Lipinski definition) is 1. The summed E-state index contributed by atoms with van der Waals surface area (Å²) in [5, 5.41) is 9.67. The van der Waals surface area contributed by atoms with Crippen molar-refractivity contribution in [2.75, 3.05) is 12.8 Å². The van der Waals surface area contributed by atoms with E-state index in [9.17, 15) is 0 Å². The molecule has 0 unspecified atom stereocenters. The minimum absolute atomic E-state index is 0.518. The molecule has 0 spiro atoms. The van der Waals surface area contributed by atoms with Crippen LogP contribution in [0.25, 0.3) is 10.9 Å². The van der Waals surface area contributed by atoms with Crippen molar-refractivity contribution in [1.29, 1.82) is 5.26 Å². The number of hydrogen-bond acceptors (Lipinski definition) is 4. The summed E-state index contributed by atoms with van der Waals surface area (Å²) in [6.07, 6.45) is 1.57. The zero-order valence-electron chi connectivity index (χ0n) is 8.19. The van der Waals surface area contributed by atoms with Crippen LogP contribution in [0.2, 0.25) is 0 Å². The molecule has 0 saturated heterocycles. The lowest BCUT2D eigenvalue weighted by Gasteiger charge is -2.07. The van der Waals surface area contributed by atoms with Crippen LogP contribution in [-0.2, 0) is 0 Å². The predicted octanol–water partition coefficient (Wildman–Crippen LogP) is 1.70. The lowest BCUT2D eigenvalue weighted by molar-refractivity contribution is 0.421. The molecule has 2 aromatic rings. The Labute approximate surface area is 86.9 Å². The monoisotopic (exact) mass is 199 g/mol. The summed E-state index contributed by atoms with van der Waals surface area (Å²) >= 11 is 0. The third-order valence-electron chi connectivity index (χ3n) is 2.22. The number of nitrogens with two attached hydrogens (primary N) is 1. The van der Waals surface area contributed by atoms with Gasteiger partial charge in [0.25, 0.3) is 0 Å². The smallest absolute Gasteiger partial charge is 0.167 e. The summed E-state index contributed by atoms with van der Waals surface area (Å²) in [4.78, 5) is 4.17. The summed E-state index contributed by atoms with van der Waals surface area (Å²) in [7, 11) is 1.53. The fraction of sp³-hybridized carbons (Fsp3) is 0.0909. The maximum Gasteiger partial charge on any atom is 0.167 e. The summed E-state index contributed by atoms with van der Waals surface area (Å²) < 4.78 is 5.16. The normalized spacial score (nSPS) is 9.87. The maximum atomic E-state index is 8.92. The second-order valence-electron chi connectivity index (χ2n) is 3.05. The van der Waals surface area contributed by atoms with Crippen LogP contribution in [0.1, 0.15) is 5.56 Å². The Bertz CT molecular complexity index is 557. The van der Waals surface area contributed by atoms with Crippen LogP contribution in [0.3, 0.4) is 0 Å². The van der Waals surface area contributed by atoms with Crippen LogP contribution in [0, 0.1) is 11.3 Å². The lowest BCUT2D eigenvalue weighted by atomic mass is 10.1. The largest absolute Gasteiger partial charge is 0.492 e. The van der Waals surface area contributed by atoms with Crippen LogP contribution in [0.15, 0.2) is 24.4 Å². The molecule has 0 aliphatic heterocycles. The van der Waals surface area contributed by atoms with Gasteiger partial charge in [0.1, 0.15) is 5.52 Å². The SMILES string of the molecule is COc1c(N)ccc2c(C#N)ccnc12. The van der Waals surface area contributed by atoms with E-state index in [-0.39, 0.29) is 0 Å². The number of nitrogen functional groups attached to an aromatic ring is 1. The van der Waals surface area contributed by atoms with Gasteiger partial charge in [-0.25, -0.2) is 0 Å². The van der Waals surface area contributed by atoms with Gasteiger partial charge < -0.3 is 10.5 Å². The minimum atomic E-state index is 0.518. The van der Waals surface area contributed by atoms with Crippen molar-refractivity contribution < 1.29 is 4.74 Å². The Morgan fingerprint density at radius 2 is 2.20 bits per heavy atom. The number of rotatable bonds is 1. The number of pyridine rings is 1. The molecule has 0 bridgehead atoms. The van der Waals surface area contributed by atoms with E-state index in [1.54, 1.807) is 24.4 Å². The number of fused-ring (bicyclic) bond motifs is 1. The molecular weight excluding hydrogens is 190 g/mol. The average molecular weight is 199 g/mol. The highest BCUT2D eigenvalue weighted by Crippen LogP contribution is 2.31. The standard InChI is InChI=1S/C11H9N3O/c1-15-11-9(13)3-2-8-7(6-12)4-5-14-10(8)11/h2-5H,13H2,1H3. The number of methoxy groups -OCH3 is 1. The van der Waals surface area contributed by atoms with Crippen molar-refractivity contribution in [1.82, 2.24) is 4.98 Å². The van der Waals surface area contributed by atoms with E-state index < -0.39 is 0 Å². The van der Waals surface area contributed by atoms with Gasteiger partial charge in [-0.2, -0.15) is 5.26 Å². The van der Waals surface area contributed by atoms with Gasteiger partial charge >= 0.3 is 0 Å². The molecular formula is C11H9N3O. The van der Waals surface area contributed by atoms with Crippen LogP contribution in [-0.4, -0.2) is 12.1 Å². The molecule has 0 fully saturated rings. The third-order valence-corrected chi connectivity index (χ3v) is 2.22. The molecule has 0 saturated carbocycles. The summed E-state index contributed by atoms with van der Waals surface area (Å²) in [6, 6.07) is 7.26. The number of ether oxygens (including phenoxy) is 1. The predicted molar refractivity (Wildman–Crippen MR) is 57.4 cm³/mol. The molecule has 4 heteroatoms. The fourth-order valence-corrected chi connectivity index (χ4v) is 1.52. The number of benzene rings is 1. The van der Waals surface area contributed by atoms with Crippen LogP contribution in [0.5, 0.6) is 5.75 Å². The quantitative estimate of drug-likeness (QED) is 0.709.